The van der Waals surface area contributed by atoms with Crippen LogP contribution in [0, 0.1) is 0 Å². The molecule has 0 saturated heterocycles. The van der Waals surface area contributed by atoms with E-state index in [9.17, 15) is 4.79 Å². The van der Waals surface area contributed by atoms with E-state index < -0.39 is 0 Å². The highest BCUT2D eigenvalue weighted by Crippen LogP contribution is 2.28. The van der Waals surface area contributed by atoms with Gasteiger partial charge in [0.15, 0.2) is 0 Å². The zero-order chi connectivity index (χ0) is 19.9. The van der Waals surface area contributed by atoms with E-state index in [0.29, 0.717) is 11.1 Å². The molecule has 0 saturated carbocycles. The summed E-state index contributed by atoms with van der Waals surface area (Å²) in [5.41, 5.74) is 2.82. The Morgan fingerprint density at radius 1 is 1.11 bits per heavy atom. The molecule has 0 fully saturated rings. The van der Waals surface area contributed by atoms with Gasteiger partial charge in [0, 0.05) is 11.3 Å². The van der Waals surface area contributed by atoms with Crippen molar-refractivity contribution in [3.8, 4) is 11.1 Å². The number of nitrogens with one attached hydrogen (secondary N) is 1. The fourth-order valence-electron chi connectivity index (χ4n) is 2.95. The zero-order valence-corrected chi connectivity index (χ0v) is 17.1. The Hall–Kier alpha value is -2.64. The molecule has 2 aromatic carbocycles. The monoisotopic (exact) mass is 396 g/mol. The molecule has 0 aliphatic rings. The number of benzene rings is 2. The predicted octanol–water partition coefficient (Wildman–Crippen LogP) is 4.48. The highest BCUT2D eigenvalue weighted by molar-refractivity contribution is 7.99. The minimum absolute atomic E-state index is 0.0772. The summed E-state index contributed by atoms with van der Waals surface area (Å²) in [7, 11) is 3.95. The highest BCUT2D eigenvalue weighted by atomic mass is 32.2. The van der Waals surface area contributed by atoms with Crippen LogP contribution in [0.2, 0.25) is 0 Å². The lowest BCUT2D eigenvalue weighted by molar-refractivity contribution is -0.113. The molecule has 6 nitrogen and oxygen atoms in total. The molecule has 1 heterocycles. The highest BCUT2D eigenvalue weighted by Gasteiger charge is 2.19. The summed E-state index contributed by atoms with van der Waals surface area (Å²) in [6.07, 6.45) is 0.871. The van der Waals surface area contributed by atoms with Gasteiger partial charge in [0.1, 0.15) is 0 Å². The van der Waals surface area contributed by atoms with Crippen LogP contribution in [0.4, 0.5) is 5.69 Å². The van der Waals surface area contributed by atoms with Crippen molar-refractivity contribution in [3.63, 3.8) is 0 Å². The van der Waals surface area contributed by atoms with E-state index in [0.717, 1.165) is 23.2 Å². The van der Waals surface area contributed by atoms with Gasteiger partial charge in [0.05, 0.1) is 11.8 Å². The summed E-state index contributed by atoms with van der Waals surface area (Å²) >= 11 is 1.24. The summed E-state index contributed by atoms with van der Waals surface area (Å²) in [6, 6.07) is 17.8. The number of amides is 1. The molecule has 0 unspecified atom stereocenters. The zero-order valence-electron chi connectivity index (χ0n) is 16.3. The predicted molar refractivity (Wildman–Crippen MR) is 112 cm³/mol. The molecule has 0 bridgehead atoms. The minimum atomic E-state index is -0.118. The van der Waals surface area contributed by atoms with Gasteiger partial charge in [0.25, 0.3) is 5.22 Å². The Morgan fingerprint density at radius 2 is 1.82 bits per heavy atom. The molecule has 7 heteroatoms. The summed E-state index contributed by atoms with van der Waals surface area (Å²) in [6.45, 7) is 2.07. The lowest BCUT2D eigenvalue weighted by atomic mass is 10.0. The number of rotatable bonds is 8. The second-order valence-corrected chi connectivity index (χ2v) is 7.47. The summed E-state index contributed by atoms with van der Waals surface area (Å²) in [4.78, 5) is 14.5. The number of thioether (sulfide) groups is 1. The maximum Gasteiger partial charge on any atom is 0.277 e. The smallest absolute Gasteiger partial charge is 0.277 e. The van der Waals surface area contributed by atoms with Crippen molar-refractivity contribution >= 4 is 23.4 Å². The SMILES string of the molecule is CC[C@H](c1nnc(SCC(=O)Nc2ccccc2-c2ccccc2)o1)N(C)C. The summed E-state index contributed by atoms with van der Waals surface area (Å²) in [5, 5.41) is 11.5. The van der Waals surface area contributed by atoms with E-state index in [2.05, 4.69) is 22.4 Å². The van der Waals surface area contributed by atoms with E-state index in [1.54, 1.807) is 0 Å². The number of hydrogen-bond acceptors (Lipinski definition) is 6. The van der Waals surface area contributed by atoms with Crippen molar-refractivity contribution in [2.45, 2.75) is 24.6 Å². The van der Waals surface area contributed by atoms with E-state index >= 15 is 0 Å². The Morgan fingerprint density at radius 3 is 2.54 bits per heavy atom. The molecule has 0 aliphatic heterocycles. The van der Waals surface area contributed by atoms with Crippen LogP contribution >= 0.6 is 11.8 Å². The number of aromatic nitrogens is 2. The topological polar surface area (TPSA) is 71.3 Å². The third-order valence-corrected chi connectivity index (χ3v) is 5.15. The number of para-hydroxylation sites is 1. The molecule has 1 aromatic heterocycles. The van der Waals surface area contributed by atoms with Crippen molar-refractivity contribution in [1.82, 2.24) is 15.1 Å². The molecular formula is C21H24N4O2S. The van der Waals surface area contributed by atoms with Gasteiger partial charge in [-0.25, -0.2) is 0 Å². The van der Waals surface area contributed by atoms with Gasteiger partial charge < -0.3 is 9.73 Å². The molecule has 3 rings (SSSR count). The van der Waals surface area contributed by atoms with Crippen LogP contribution in [0.15, 0.2) is 64.2 Å². The maximum atomic E-state index is 12.4. The quantitative estimate of drug-likeness (QED) is 0.566. The minimum Gasteiger partial charge on any atom is -0.414 e. The fourth-order valence-corrected chi connectivity index (χ4v) is 3.52. The molecule has 1 amide bonds. The average Bonchev–Trinajstić information content (AvgIpc) is 3.16. The number of carbonyl (C=O) groups excluding carboxylic acids is 1. The molecule has 1 atom stereocenters. The van der Waals surface area contributed by atoms with Crippen LogP contribution in [0.5, 0.6) is 0 Å². The number of hydrogen-bond donors (Lipinski definition) is 1. The average molecular weight is 397 g/mol. The van der Waals surface area contributed by atoms with Crippen LogP contribution < -0.4 is 5.32 Å². The van der Waals surface area contributed by atoms with Crippen molar-refractivity contribution in [1.29, 1.82) is 0 Å². The van der Waals surface area contributed by atoms with Gasteiger partial charge >= 0.3 is 0 Å². The molecule has 3 aromatic rings. The number of anilines is 1. The van der Waals surface area contributed by atoms with Crippen molar-refractivity contribution in [2.24, 2.45) is 0 Å². The van der Waals surface area contributed by atoms with Crippen LogP contribution in [0.3, 0.4) is 0 Å². The summed E-state index contributed by atoms with van der Waals surface area (Å²) in [5.74, 6) is 0.654. The largest absolute Gasteiger partial charge is 0.414 e. The number of nitrogens with zero attached hydrogens (tertiary/aromatic N) is 3. The standard InChI is InChI=1S/C21H24N4O2S/c1-4-18(25(2)3)20-23-24-21(27-20)28-14-19(26)22-17-13-9-8-12-16(17)15-10-6-5-7-11-15/h5-13,18H,4,14H2,1-3H3,(H,22,26)/t18-/m1/s1. The lowest BCUT2D eigenvalue weighted by Crippen LogP contribution is -2.19. The van der Waals surface area contributed by atoms with E-state index in [-0.39, 0.29) is 17.7 Å². The third kappa shape index (κ3) is 4.99. The summed E-state index contributed by atoms with van der Waals surface area (Å²) < 4.78 is 5.71. The van der Waals surface area contributed by atoms with Gasteiger partial charge in [-0.05, 0) is 32.1 Å². The van der Waals surface area contributed by atoms with Gasteiger partial charge in [-0.1, -0.05) is 67.2 Å². The first-order valence-electron chi connectivity index (χ1n) is 9.15. The molecular weight excluding hydrogens is 372 g/mol. The van der Waals surface area contributed by atoms with Gasteiger partial charge in [0.2, 0.25) is 11.8 Å². The van der Waals surface area contributed by atoms with Crippen molar-refractivity contribution < 1.29 is 9.21 Å². The van der Waals surface area contributed by atoms with Crippen LogP contribution in [0.1, 0.15) is 25.3 Å². The molecule has 0 radical (unpaired) electrons. The van der Waals surface area contributed by atoms with Gasteiger partial charge in [-0.3, -0.25) is 9.69 Å². The second-order valence-electron chi connectivity index (χ2n) is 6.54. The third-order valence-electron chi connectivity index (χ3n) is 4.33. The van der Waals surface area contributed by atoms with Crippen molar-refractivity contribution in [2.75, 3.05) is 25.2 Å². The van der Waals surface area contributed by atoms with Gasteiger partial charge in [-0.15, -0.1) is 10.2 Å². The van der Waals surface area contributed by atoms with E-state index in [1.165, 1.54) is 11.8 Å². The Kier molecular flexibility index (Phi) is 6.84. The molecule has 146 valence electrons. The van der Waals surface area contributed by atoms with Crippen LogP contribution in [-0.2, 0) is 4.79 Å². The maximum absolute atomic E-state index is 12.4. The first kappa shape index (κ1) is 20.1. The lowest BCUT2D eigenvalue weighted by Gasteiger charge is -2.18. The number of carbonyl (C=O) groups is 1. The fraction of sp³-hybridized carbons (Fsp3) is 0.286. The second kappa shape index (κ2) is 9.52. The molecule has 28 heavy (non-hydrogen) atoms. The normalized spacial score (nSPS) is 12.1. The molecule has 0 aliphatic carbocycles. The van der Waals surface area contributed by atoms with Crippen LogP contribution in [-0.4, -0.2) is 40.9 Å². The van der Waals surface area contributed by atoms with Crippen LogP contribution in [0.25, 0.3) is 11.1 Å². The first-order chi connectivity index (χ1) is 13.6. The van der Waals surface area contributed by atoms with E-state index in [1.807, 2.05) is 73.6 Å². The first-order valence-corrected chi connectivity index (χ1v) is 10.1. The van der Waals surface area contributed by atoms with Crippen molar-refractivity contribution in [3.05, 3.63) is 60.5 Å². The Bertz CT molecular complexity index is 912. The Labute approximate surface area is 169 Å². The van der Waals surface area contributed by atoms with E-state index in [4.69, 9.17) is 4.42 Å². The molecule has 1 N–H and O–H groups in total. The Balaban J connectivity index is 1.63. The molecule has 0 spiro atoms. The van der Waals surface area contributed by atoms with Gasteiger partial charge in [-0.2, -0.15) is 0 Å².